The molecule has 0 radical (unpaired) electrons. The number of H-pyrrole nitrogens is 1. The minimum atomic E-state index is -0.186. The second-order valence-electron chi connectivity index (χ2n) is 5.25. The molecule has 0 atom stereocenters. The molecule has 0 fully saturated rings. The van der Waals surface area contributed by atoms with E-state index in [4.69, 9.17) is 5.73 Å². The minimum absolute atomic E-state index is 0.160. The minimum Gasteiger partial charge on any atom is -0.397 e. The molecule has 1 aromatic carbocycles. The first-order chi connectivity index (χ1) is 10.1. The molecule has 2 heterocycles. The molecule has 2 aromatic heterocycles. The molecule has 0 bridgehead atoms. The molecule has 0 saturated carbocycles. The Morgan fingerprint density at radius 3 is 3.00 bits per heavy atom. The first-order valence-electron chi connectivity index (χ1n) is 6.77. The SMILES string of the molecule is CC(C)n1cc(N)cc1C(=O)Nc1cccc2[nH]ncc12. The monoisotopic (exact) mass is 283 g/mol. The van der Waals surface area contributed by atoms with Crippen molar-refractivity contribution in [2.75, 3.05) is 11.1 Å². The highest BCUT2D eigenvalue weighted by molar-refractivity contribution is 6.08. The molecular formula is C15H17N5O. The van der Waals surface area contributed by atoms with Crippen LogP contribution in [-0.4, -0.2) is 20.7 Å². The summed E-state index contributed by atoms with van der Waals surface area (Å²) >= 11 is 0. The van der Waals surface area contributed by atoms with Crippen LogP contribution in [0, 0.1) is 0 Å². The van der Waals surface area contributed by atoms with E-state index in [1.165, 1.54) is 0 Å². The zero-order valence-electron chi connectivity index (χ0n) is 11.9. The van der Waals surface area contributed by atoms with Crippen molar-refractivity contribution in [1.29, 1.82) is 0 Å². The van der Waals surface area contributed by atoms with Gasteiger partial charge in [-0.2, -0.15) is 5.10 Å². The third-order valence-corrected chi connectivity index (χ3v) is 3.39. The predicted octanol–water partition coefficient (Wildman–Crippen LogP) is 2.78. The molecule has 6 nitrogen and oxygen atoms in total. The Hall–Kier alpha value is -2.76. The van der Waals surface area contributed by atoms with Crippen LogP contribution in [0.15, 0.2) is 36.7 Å². The molecule has 0 unspecified atom stereocenters. The van der Waals surface area contributed by atoms with Crippen LogP contribution in [0.1, 0.15) is 30.4 Å². The first-order valence-corrected chi connectivity index (χ1v) is 6.77. The van der Waals surface area contributed by atoms with Crippen molar-refractivity contribution in [3.8, 4) is 0 Å². The Bertz CT molecular complexity index is 799. The summed E-state index contributed by atoms with van der Waals surface area (Å²) in [6.45, 7) is 4.01. The second-order valence-corrected chi connectivity index (χ2v) is 5.25. The van der Waals surface area contributed by atoms with Crippen LogP contribution >= 0.6 is 0 Å². The molecule has 6 heteroatoms. The Morgan fingerprint density at radius 1 is 1.43 bits per heavy atom. The molecule has 0 saturated heterocycles. The van der Waals surface area contributed by atoms with Crippen LogP contribution in [0.2, 0.25) is 0 Å². The molecule has 4 N–H and O–H groups in total. The second kappa shape index (κ2) is 4.97. The number of amides is 1. The molecule has 3 rings (SSSR count). The zero-order valence-corrected chi connectivity index (χ0v) is 11.9. The fourth-order valence-corrected chi connectivity index (χ4v) is 2.37. The Balaban J connectivity index is 1.95. The maximum absolute atomic E-state index is 12.5. The number of aromatic nitrogens is 3. The van der Waals surface area contributed by atoms with Gasteiger partial charge in [0.25, 0.3) is 5.91 Å². The topological polar surface area (TPSA) is 88.7 Å². The summed E-state index contributed by atoms with van der Waals surface area (Å²) in [5.41, 5.74) is 8.53. The van der Waals surface area contributed by atoms with Crippen molar-refractivity contribution in [1.82, 2.24) is 14.8 Å². The number of nitrogen functional groups attached to an aromatic ring is 1. The van der Waals surface area contributed by atoms with Gasteiger partial charge in [-0.1, -0.05) is 6.07 Å². The first kappa shape index (κ1) is 13.2. The molecule has 0 aliphatic carbocycles. The number of carbonyl (C=O) groups excluding carboxylic acids is 1. The molecule has 3 aromatic rings. The van der Waals surface area contributed by atoms with Crippen molar-refractivity contribution < 1.29 is 4.79 Å². The van der Waals surface area contributed by atoms with Gasteiger partial charge in [-0.3, -0.25) is 9.89 Å². The van der Waals surface area contributed by atoms with Crippen LogP contribution in [0.25, 0.3) is 10.9 Å². The van der Waals surface area contributed by atoms with Crippen LogP contribution < -0.4 is 11.1 Å². The van der Waals surface area contributed by atoms with Gasteiger partial charge < -0.3 is 15.6 Å². The summed E-state index contributed by atoms with van der Waals surface area (Å²) < 4.78 is 1.86. The van der Waals surface area contributed by atoms with Gasteiger partial charge in [0.05, 0.1) is 23.1 Å². The number of hydrogen-bond acceptors (Lipinski definition) is 3. The lowest BCUT2D eigenvalue weighted by Crippen LogP contribution is -2.17. The third kappa shape index (κ3) is 2.35. The highest BCUT2D eigenvalue weighted by Gasteiger charge is 2.16. The Kier molecular flexibility index (Phi) is 3.13. The molecule has 21 heavy (non-hydrogen) atoms. The highest BCUT2D eigenvalue weighted by atomic mass is 16.1. The van der Waals surface area contributed by atoms with E-state index in [1.807, 2.05) is 36.6 Å². The van der Waals surface area contributed by atoms with E-state index in [-0.39, 0.29) is 11.9 Å². The quantitative estimate of drug-likeness (QED) is 0.690. The van der Waals surface area contributed by atoms with Gasteiger partial charge in [-0.05, 0) is 32.0 Å². The number of aromatic amines is 1. The van der Waals surface area contributed by atoms with Gasteiger partial charge in [0.15, 0.2) is 0 Å². The van der Waals surface area contributed by atoms with Gasteiger partial charge in [0.2, 0.25) is 0 Å². The van der Waals surface area contributed by atoms with E-state index in [1.54, 1.807) is 18.5 Å². The lowest BCUT2D eigenvalue weighted by atomic mass is 10.2. The largest absolute Gasteiger partial charge is 0.397 e. The van der Waals surface area contributed by atoms with Crippen molar-refractivity contribution in [3.05, 3.63) is 42.4 Å². The van der Waals surface area contributed by atoms with Crippen molar-refractivity contribution in [2.45, 2.75) is 19.9 Å². The summed E-state index contributed by atoms with van der Waals surface area (Å²) in [7, 11) is 0. The molecule has 0 spiro atoms. The lowest BCUT2D eigenvalue weighted by molar-refractivity contribution is 0.101. The number of rotatable bonds is 3. The van der Waals surface area contributed by atoms with E-state index in [0.29, 0.717) is 11.4 Å². The standard InChI is InChI=1S/C15H17N5O/c1-9(2)20-8-10(16)6-14(20)15(21)18-12-4-3-5-13-11(12)7-17-19-13/h3-9H,16H2,1-2H3,(H,17,19)(H,18,21). The van der Waals surface area contributed by atoms with Crippen LogP contribution in [0.3, 0.4) is 0 Å². The van der Waals surface area contributed by atoms with E-state index in [9.17, 15) is 4.79 Å². The number of hydrogen-bond donors (Lipinski definition) is 3. The normalized spacial score (nSPS) is 11.2. The number of carbonyl (C=O) groups is 1. The number of nitrogens with two attached hydrogens (primary N) is 1. The number of nitrogens with zero attached hydrogens (tertiary/aromatic N) is 2. The fourth-order valence-electron chi connectivity index (χ4n) is 2.37. The Labute approximate surface area is 121 Å². The molecule has 0 aliphatic rings. The fraction of sp³-hybridized carbons (Fsp3) is 0.200. The van der Waals surface area contributed by atoms with Gasteiger partial charge >= 0.3 is 0 Å². The van der Waals surface area contributed by atoms with E-state index in [0.717, 1.165) is 16.6 Å². The maximum Gasteiger partial charge on any atom is 0.272 e. The van der Waals surface area contributed by atoms with Gasteiger partial charge in [0.1, 0.15) is 5.69 Å². The van der Waals surface area contributed by atoms with E-state index in [2.05, 4.69) is 15.5 Å². The predicted molar refractivity (Wildman–Crippen MR) is 83.3 cm³/mol. The smallest absolute Gasteiger partial charge is 0.272 e. The summed E-state index contributed by atoms with van der Waals surface area (Å²) in [6, 6.07) is 7.47. The average Bonchev–Trinajstić information content (AvgIpc) is 3.05. The number of nitrogens with one attached hydrogen (secondary N) is 2. The van der Waals surface area contributed by atoms with Gasteiger partial charge in [-0.15, -0.1) is 0 Å². The van der Waals surface area contributed by atoms with E-state index < -0.39 is 0 Å². The van der Waals surface area contributed by atoms with Crippen LogP contribution in [0.5, 0.6) is 0 Å². The van der Waals surface area contributed by atoms with E-state index >= 15 is 0 Å². The molecule has 108 valence electrons. The number of anilines is 2. The average molecular weight is 283 g/mol. The summed E-state index contributed by atoms with van der Waals surface area (Å²) in [5.74, 6) is -0.186. The highest BCUT2D eigenvalue weighted by Crippen LogP contribution is 2.23. The van der Waals surface area contributed by atoms with Gasteiger partial charge in [0, 0.05) is 17.6 Å². The summed E-state index contributed by atoms with van der Waals surface area (Å²) in [5, 5.41) is 10.7. The number of benzene rings is 1. The zero-order chi connectivity index (χ0) is 15.0. The molecule has 0 aliphatic heterocycles. The van der Waals surface area contributed by atoms with Crippen LogP contribution in [-0.2, 0) is 0 Å². The third-order valence-electron chi connectivity index (χ3n) is 3.39. The lowest BCUT2D eigenvalue weighted by Gasteiger charge is -2.13. The van der Waals surface area contributed by atoms with Gasteiger partial charge in [-0.25, -0.2) is 0 Å². The Morgan fingerprint density at radius 2 is 2.24 bits per heavy atom. The summed E-state index contributed by atoms with van der Waals surface area (Å²) in [6.07, 6.45) is 3.47. The van der Waals surface area contributed by atoms with Crippen molar-refractivity contribution in [2.24, 2.45) is 0 Å². The van der Waals surface area contributed by atoms with Crippen molar-refractivity contribution >= 4 is 28.2 Å². The molecule has 1 amide bonds. The summed E-state index contributed by atoms with van der Waals surface area (Å²) in [4.78, 5) is 12.5. The maximum atomic E-state index is 12.5. The van der Waals surface area contributed by atoms with Crippen LogP contribution in [0.4, 0.5) is 11.4 Å². The van der Waals surface area contributed by atoms with Crippen molar-refractivity contribution in [3.63, 3.8) is 0 Å². The molecular weight excluding hydrogens is 266 g/mol. The number of fused-ring (bicyclic) bond motifs is 1.